The van der Waals surface area contributed by atoms with Crippen LogP contribution >= 0.6 is 0 Å². The molecule has 3 rings (SSSR count). The maximum Gasteiger partial charge on any atom is 0.191 e. The molecule has 0 amide bonds. The molecule has 1 atom stereocenters. The fourth-order valence-electron chi connectivity index (χ4n) is 4.10. The molecule has 2 N–H and O–H groups in total. The molecule has 1 aromatic rings. The fourth-order valence-corrected chi connectivity index (χ4v) is 4.10. The first kappa shape index (κ1) is 19.2. The Morgan fingerprint density at radius 2 is 2.00 bits per heavy atom. The third-order valence-corrected chi connectivity index (χ3v) is 5.82. The Morgan fingerprint density at radius 1 is 1.23 bits per heavy atom. The van der Waals surface area contributed by atoms with Crippen molar-refractivity contribution >= 4 is 5.96 Å². The lowest BCUT2D eigenvalue weighted by molar-refractivity contribution is 0.212. The van der Waals surface area contributed by atoms with Gasteiger partial charge in [-0.05, 0) is 83.4 Å². The van der Waals surface area contributed by atoms with E-state index in [-0.39, 0.29) is 6.04 Å². The third-order valence-electron chi connectivity index (χ3n) is 5.82. The predicted octanol–water partition coefficient (Wildman–Crippen LogP) is 2.31. The molecule has 0 saturated carbocycles. The summed E-state index contributed by atoms with van der Waals surface area (Å²) in [5, 5.41) is 7.00. The van der Waals surface area contributed by atoms with E-state index in [1.807, 2.05) is 13.1 Å². The van der Waals surface area contributed by atoms with Gasteiger partial charge in [-0.15, -0.1) is 0 Å². The van der Waals surface area contributed by atoms with Crippen molar-refractivity contribution in [2.45, 2.75) is 38.1 Å². The number of hydrogen-bond acceptors (Lipinski definition) is 4. The molecule has 3 heterocycles. The summed E-state index contributed by atoms with van der Waals surface area (Å²) in [5.74, 6) is 2.78. The normalized spacial score (nSPS) is 21.8. The Hall–Kier alpha value is -1.53. The van der Waals surface area contributed by atoms with Crippen LogP contribution in [0.15, 0.2) is 27.8 Å². The van der Waals surface area contributed by atoms with Gasteiger partial charge >= 0.3 is 0 Å². The number of likely N-dealkylation sites (tertiary alicyclic amines) is 2. The number of nitrogens with one attached hydrogen (secondary N) is 2. The Balaban J connectivity index is 1.43. The molecular weight excluding hydrogens is 326 g/mol. The van der Waals surface area contributed by atoms with Crippen molar-refractivity contribution < 1.29 is 4.42 Å². The van der Waals surface area contributed by atoms with Gasteiger partial charge in [0.05, 0.1) is 12.3 Å². The molecule has 146 valence electrons. The summed E-state index contributed by atoms with van der Waals surface area (Å²) in [6.07, 6.45) is 8.19. The molecule has 2 aliphatic heterocycles. The van der Waals surface area contributed by atoms with Crippen LogP contribution in [0.25, 0.3) is 0 Å². The molecule has 0 bridgehead atoms. The lowest BCUT2D eigenvalue weighted by atomic mass is 9.94. The van der Waals surface area contributed by atoms with E-state index >= 15 is 0 Å². The smallest absolute Gasteiger partial charge is 0.191 e. The average molecular weight is 362 g/mol. The van der Waals surface area contributed by atoms with Gasteiger partial charge in [0.1, 0.15) is 5.76 Å². The van der Waals surface area contributed by atoms with Crippen LogP contribution in [0.3, 0.4) is 0 Å². The van der Waals surface area contributed by atoms with E-state index < -0.39 is 0 Å². The highest BCUT2D eigenvalue weighted by Gasteiger charge is 2.25. The first-order valence-corrected chi connectivity index (χ1v) is 10.2. The second-order valence-electron chi connectivity index (χ2n) is 7.69. The summed E-state index contributed by atoms with van der Waals surface area (Å²) in [6.45, 7) is 6.58. The minimum atomic E-state index is 0.278. The van der Waals surface area contributed by atoms with Crippen molar-refractivity contribution in [3.63, 3.8) is 0 Å². The lowest BCUT2D eigenvalue weighted by Gasteiger charge is -2.29. The zero-order valence-electron chi connectivity index (χ0n) is 16.4. The summed E-state index contributed by atoms with van der Waals surface area (Å²) in [7, 11) is 4.07. The molecule has 2 saturated heterocycles. The van der Waals surface area contributed by atoms with Crippen LogP contribution in [-0.2, 0) is 0 Å². The van der Waals surface area contributed by atoms with Crippen LogP contribution in [0.4, 0.5) is 0 Å². The van der Waals surface area contributed by atoms with Crippen molar-refractivity contribution in [2.75, 3.05) is 53.4 Å². The first-order valence-electron chi connectivity index (χ1n) is 10.2. The van der Waals surface area contributed by atoms with Crippen molar-refractivity contribution in [2.24, 2.45) is 10.9 Å². The Kier molecular flexibility index (Phi) is 7.38. The Bertz CT molecular complexity index is 530. The summed E-state index contributed by atoms with van der Waals surface area (Å²) in [6, 6.07) is 4.34. The van der Waals surface area contributed by atoms with Crippen molar-refractivity contribution in [1.82, 2.24) is 20.4 Å². The zero-order valence-corrected chi connectivity index (χ0v) is 16.4. The van der Waals surface area contributed by atoms with Crippen molar-refractivity contribution in [3.05, 3.63) is 24.2 Å². The van der Waals surface area contributed by atoms with Crippen LogP contribution in [0.2, 0.25) is 0 Å². The van der Waals surface area contributed by atoms with E-state index in [4.69, 9.17) is 4.42 Å². The molecule has 2 fully saturated rings. The standard InChI is InChI=1S/C20H35N5O/c1-21-20(22-10-7-17-8-13-24(2)14-9-17)23-16-18(19-6-5-15-26-19)25-11-3-4-12-25/h5-6,15,17-18H,3-4,7-14,16H2,1-2H3,(H2,21,22,23). The van der Waals surface area contributed by atoms with Gasteiger partial charge in [-0.1, -0.05) is 0 Å². The monoisotopic (exact) mass is 361 g/mol. The molecule has 1 unspecified atom stereocenters. The number of furan rings is 1. The SMILES string of the molecule is CN=C(NCCC1CCN(C)CC1)NCC(c1ccco1)N1CCCC1. The molecule has 2 aliphatic rings. The largest absolute Gasteiger partial charge is 0.468 e. The average Bonchev–Trinajstić information content (AvgIpc) is 3.36. The molecule has 0 spiro atoms. The van der Waals surface area contributed by atoms with E-state index in [0.29, 0.717) is 0 Å². The van der Waals surface area contributed by atoms with Gasteiger partial charge in [0, 0.05) is 20.1 Å². The van der Waals surface area contributed by atoms with Crippen LogP contribution in [-0.4, -0.2) is 69.1 Å². The highest BCUT2D eigenvalue weighted by atomic mass is 16.3. The Labute approximate surface area is 158 Å². The molecular formula is C20H35N5O. The Morgan fingerprint density at radius 3 is 2.65 bits per heavy atom. The summed E-state index contributed by atoms with van der Waals surface area (Å²) in [5.41, 5.74) is 0. The van der Waals surface area contributed by atoms with Gasteiger partial charge in [0.2, 0.25) is 0 Å². The lowest BCUT2D eigenvalue weighted by Crippen LogP contribution is -2.43. The maximum atomic E-state index is 5.70. The molecule has 0 aliphatic carbocycles. The number of piperidine rings is 1. The van der Waals surface area contributed by atoms with Gasteiger partial charge in [-0.25, -0.2) is 0 Å². The van der Waals surface area contributed by atoms with Crippen LogP contribution in [0.1, 0.15) is 43.9 Å². The van der Waals surface area contributed by atoms with Gasteiger partial charge in [0.25, 0.3) is 0 Å². The van der Waals surface area contributed by atoms with Gasteiger partial charge in [-0.2, -0.15) is 0 Å². The molecule has 0 radical (unpaired) electrons. The molecule has 0 aromatic carbocycles. The number of guanidine groups is 1. The summed E-state index contributed by atoms with van der Waals surface area (Å²) >= 11 is 0. The highest BCUT2D eigenvalue weighted by molar-refractivity contribution is 5.79. The van der Waals surface area contributed by atoms with Gasteiger partial charge < -0.3 is 20.0 Å². The van der Waals surface area contributed by atoms with Gasteiger partial charge in [-0.3, -0.25) is 9.89 Å². The minimum Gasteiger partial charge on any atom is -0.468 e. The fraction of sp³-hybridized carbons (Fsp3) is 0.750. The van der Waals surface area contributed by atoms with E-state index in [2.05, 4.69) is 38.5 Å². The molecule has 6 heteroatoms. The quantitative estimate of drug-likeness (QED) is 0.577. The zero-order chi connectivity index (χ0) is 18.2. The second kappa shape index (κ2) is 9.97. The van der Waals surface area contributed by atoms with Crippen LogP contribution in [0.5, 0.6) is 0 Å². The minimum absolute atomic E-state index is 0.278. The van der Waals surface area contributed by atoms with Crippen molar-refractivity contribution in [1.29, 1.82) is 0 Å². The molecule has 6 nitrogen and oxygen atoms in total. The topological polar surface area (TPSA) is 56.0 Å². The molecule has 1 aromatic heterocycles. The van der Waals surface area contributed by atoms with Crippen LogP contribution < -0.4 is 10.6 Å². The van der Waals surface area contributed by atoms with E-state index in [0.717, 1.165) is 43.8 Å². The van der Waals surface area contributed by atoms with Crippen LogP contribution in [0, 0.1) is 5.92 Å². The van der Waals surface area contributed by atoms with Gasteiger partial charge in [0.15, 0.2) is 5.96 Å². The first-order chi connectivity index (χ1) is 12.8. The van der Waals surface area contributed by atoms with E-state index in [1.165, 1.54) is 45.2 Å². The number of nitrogens with zero attached hydrogens (tertiary/aromatic N) is 3. The second-order valence-corrected chi connectivity index (χ2v) is 7.69. The number of rotatable bonds is 7. The number of hydrogen-bond donors (Lipinski definition) is 2. The maximum absolute atomic E-state index is 5.70. The summed E-state index contributed by atoms with van der Waals surface area (Å²) < 4.78 is 5.70. The highest BCUT2D eigenvalue weighted by Crippen LogP contribution is 2.24. The van der Waals surface area contributed by atoms with Crippen molar-refractivity contribution in [3.8, 4) is 0 Å². The van der Waals surface area contributed by atoms with E-state index in [1.54, 1.807) is 6.26 Å². The van der Waals surface area contributed by atoms with E-state index in [9.17, 15) is 0 Å². The predicted molar refractivity (Wildman–Crippen MR) is 106 cm³/mol. The number of aliphatic imine (C=N–C) groups is 1. The summed E-state index contributed by atoms with van der Waals surface area (Å²) in [4.78, 5) is 9.34. The third kappa shape index (κ3) is 5.48. The molecule has 26 heavy (non-hydrogen) atoms.